The summed E-state index contributed by atoms with van der Waals surface area (Å²) in [7, 11) is 0. The summed E-state index contributed by atoms with van der Waals surface area (Å²) in [6, 6.07) is 10.1. The van der Waals surface area contributed by atoms with Crippen LogP contribution in [0.15, 0.2) is 42.5 Å². The highest BCUT2D eigenvalue weighted by atomic mass is 16.3. The van der Waals surface area contributed by atoms with Gasteiger partial charge >= 0.3 is 0 Å². The monoisotopic (exact) mass is 205 g/mol. The third kappa shape index (κ3) is 3.86. The molecule has 0 saturated heterocycles. The number of rotatable bonds is 5. The van der Waals surface area contributed by atoms with E-state index in [1.165, 1.54) is 5.56 Å². The molecule has 0 fully saturated rings. The summed E-state index contributed by atoms with van der Waals surface area (Å²) in [5.74, 6) is 0. The Bertz CT molecular complexity index is 306. The molecule has 0 spiro atoms. The average molecular weight is 205 g/mol. The average Bonchev–Trinajstić information content (AvgIpc) is 2.18. The van der Waals surface area contributed by atoms with Crippen molar-refractivity contribution in [1.29, 1.82) is 0 Å². The highest BCUT2D eigenvalue weighted by molar-refractivity contribution is 5.15. The van der Waals surface area contributed by atoms with Gasteiger partial charge in [-0.2, -0.15) is 0 Å². The minimum atomic E-state index is -0.411. The topological polar surface area (TPSA) is 32.3 Å². The predicted octanol–water partition coefficient (Wildman–Crippen LogP) is 2.10. The number of nitrogens with one attached hydrogen (secondary N) is 1. The third-order valence-corrected chi connectivity index (χ3v) is 2.38. The Labute approximate surface area is 91.6 Å². The van der Waals surface area contributed by atoms with Gasteiger partial charge in [-0.1, -0.05) is 42.5 Å². The normalized spacial score (nSPS) is 14.6. The maximum absolute atomic E-state index is 9.54. The molecule has 0 radical (unpaired) electrons. The largest absolute Gasteiger partial charge is 0.391 e. The van der Waals surface area contributed by atoms with Crippen LogP contribution >= 0.6 is 0 Å². The highest BCUT2D eigenvalue weighted by Crippen LogP contribution is 2.06. The molecule has 0 unspecified atom stereocenters. The van der Waals surface area contributed by atoms with Gasteiger partial charge in [0, 0.05) is 6.54 Å². The van der Waals surface area contributed by atoms with E-state index in [1.807, 2.05) is 25.1 Å². The maximum Gasteiger partial charge on any atom is 0.0703 e. The van der Waals surface area contributed by atoms with E-state index in [-0.39, 0.29) is 6.04 Å². The lowest BCUT2D eigenvalue weighted by molar-refractivity contribution is 0.159. The van der Waals surface area contributed by atoms with Crippen molar-refractivity contribution in [2.75, 3.05) is 0 Å². The van der Waals surface area contributed by atoms with Crippen molar-refractivity contribution in [2.45, 2.75) is 32.5 Å². The zero-order chi connectivity index (χ0) is 11.3. The standard InChI is InChI=1S/C13H19NO/c1-10(2)13(11(3)15)14-9-12-7-5-4-6-8-12/h4-8,11,13-15H,1,9H2,2-3H3/t11-,13+/m0/s1. The van der Waals surface area contributed by atoms with E-state index < -0.39 is 6.10 Å². The summed E-state index contributed by atoms with van der Waals surface area (Å²) in [4.78, 5) is 0. The van der Waals surface area contributed by atoms with Crippen LogP contribution in [0.2, 0.25) is 0 Å². The molecule has 0 aliphatic rings. The number of aliphatic hydroxyl groups is 1. The fourth-order valence-corrected chi connectivity index (χ4v) is 1.58. The Kier molecular flexibility index (Phi) is 4.53. The van der Waals surface area contributed by atoms with Gasteiger partial charge in [0.2, 0.25) is 0 Å². The molecule has 0 bridgehead atoms. The van der Waals surface area contributed by atoms with Gasteiger partial charge in [-0.25, -0.2) is 0 Å². The molecule has 2 heteroatoms. The molecule has 1 aromatic rings. The molecule has 0 aliphatic heterocycles. The Hall–Kier alpha value is -1.12. The van der Waals surface area contributed by atoms with Crippen molar-refractivity contribution in [1.82, 2.24) is 5.32 Å². The van der Waals surface area contributed by atoms with Gasteiger partial charge < -0.3 is 10.4 Å². The van der Waals surface area contributed by atoms with Gasteiger partial charge in [0.15, 0.2) is 0 Å². The molecule has 2 atom stereocenters. The molecule has 0 amide bonds. The second-order valence-electron chi connectivity index (χ2n) is 3.93. The van der Waals surface area contributed by atoms with E-state index in [2.05, 4.69) is 24.0 Å². The minimum absolute atomic E-state index is 0.0368. The summed E-state index contributed by atoms with van der Waals surface area (Å²) in [5, 5.41) is 12.8. The van der Waals surface area contributed by atoms with Crippen molar-refractivity contribution < 1.29 is 5.11 Å². The summed E-state index contributed by atoms with van der Waals surface area (Å²) in [6.45, 7) is 8.32. The van der Waals surface area contributed by atoms with Crippen LogP contribution in [0.1, 0.15) is 19.4 Å². The zero-order valence-electron chi connectivity index (χ0n) is 9.40. The molecule has 2 N–H and O–H groups in total. The van der Waals surface area contributed by atoms with Crippen LogP contribution in [-0.4, -0.2) is 17.3 Å². The Balaban J connectivity index is 2.51. The van der Waals surface area contributed by atoms with Gasteiger partial charge in [-0.3, -0.25) is 0 Å². The number of hydrogen-bond acceptors (Lipinski definition) is 2. The van der Waals surface area contributed by atoms with E-state index in [0.717, 1.165) is 12.1 Å². The van der Waals surface area contributed by atoms with Gasteiger partial charge in [0.05, 0.1) is 12.1 Å². The van der Waals surface area contributed by atoms with E-state index in [0.29, 0.717) is 0 Å². The van der Waals surface area contributed by atoms with Crippen molar-refractivity contribution in [3.8, 4) is 0 Å². The molecule has 1 rings (SSSR count). The van der Waals surface area contributed by atoms with Gasteiger partial charge in [0.25, 0.3) is 0 Å². The molecule has 0 aliphatic carbocycles. The predicted molar refractivity (Wildman–Crippen MR) is 63.6 cm³/mol. The summed E-state index contributed by atoms with van der Waals surface area (Å²) >= 11 is 0. The smallest absolute Gasteiger partial charge is 0.0703 e. The van der Waals surface area contributed by atoms with Crippen LogP contribution < -0.4 is 5.32 Å². The second-order valence-corrected chi connectivity index (χ2v) is 3.93. The van der Waals surface area contributed by atoms with Crippen LogP contribution in [0.25, 0.3) is 0 Å². The van der Waals surface area contributed by atoms with Crippen molar-refractivity contribution in [2.24, 2.45) is 0 Å². The fourth-order valence-electron chi connectivity index (χ4n) is 1.58. The minimum Gasteiger partial charge on any atom is -0.391 e. The Morgan fingerprint density at radius 1 is 1.40 bits per heavy atom. The first-order valence-electron chi connectivity index (χ1n) is 5.22. The van der Waals surface area contributed by atoms with Crippen LogP contribution in [-0.2, 0) is 6.54 Å². The van der Waals surface area contributed by atoms with Crippen LogP contribution in [0.4, 0.5) is 0 Å². The van der Waals surface area contributed by atoms with Gasteiger partial charge in [-0.05, 0) is 19.4 Å². The number of hydrogen-bond donors (Lipinski definition) is 2. The van der Waals surface area contributed by atoms with Crippen molar-refractivity contribution >= 4 is 0 Å². The fraction of sp³-hybridized carbons (Fsp3) is 0.385. The van der Waals surface area contributed by atoms with Gasteiger partial charge in [-0.15, -0.1) is 0 Å². The first kappa shape index (κ1) is 12.0. The quantitative estimate of drug-likeness (QED) is 0.721. The highest BCUT2D eigenvalue weighted by Gasteiger charge is 2.14. The van der Waals surface area contributed by atoms with Crippen molar-refractivity contribution in [3.63, 3.8) is 0 Å². The molecule has 2 nitrogen and oxygen atoms in total. The Morgan fingerprint density at radius 2 is 2.00 bits per heavy atom. The van der Waals surface area contributed by atoms with E-state index in [9.17, 15) is 5.11 Å². The van der Waals surface area contributed by atoms with Crippen LogP contribution in [0.5, 0.6) is 0 Å². The first-order chi connectivity index (χ1) is 7.11. The van der Waals surface area contributed by atoms with Crippen molar-refractivity contribution in [3.05, 3.63) is 48.0 Å². The number of aliphatic hydroxyl groups excluding tert-OH is 1. The third-order valence-electron chi connectivity index (χ3n) is 2.38. The first-order valence-corrected chi connectivity index (χ1v) is 5.22. The lowest BCUT2D eigenvalue weighted by Crippen LogP contribution is -2.38. The SMILES string of the molecule is C=C(C)[C@@H](NCc1ccccc1)[C@H](C)O. The summed E-state index contributed by atoms with van der Waals surface area (Å²) < 4.78 is 0. The van der Waals surface area contributed by atoms with E-state index in [4.69, 9.17) is 0 Å². The van der Waals surface area contributed by atoms with Crippen LogP contribution in [0.3, 0.4) is 0 Å². The second kappa shape index (κ2) is 5.69. The molecular weight excluding hydrogens is 186 g/mol. The molecule has 0 heterocycles. The lowest BCUT2D eigenvalue weighted by atomic mass is 10.1. The van der Waals surface area contributed by atoms with E-state index in [1.54, 1.807) is 6.92 Å². The summed E-state index contributed by atoms with van der Waals surface area (Å²) in [6.07, 6.45) is -0.411. The zero-order valence-corrected chi connectivity index (χ0v) is 9.40. The van der Waals surface area contributed by atoms with Gasteiger partial charge in [0.1, 0.15) is 0 Å². The van der Waals surface area contributed by atoms with Crippen LogP contribution in [0, 0.1) is 0 Å². The molecule has 15 heavy (non-hydrogen) atoms. The number of benzene rings is 1. The molecular formula is C13H19NO. The lowest BCUT2D eigenvalue weighted by Gasteiger charge is -2.21. The maximum atomic E-state index is 9.54. The molecule has 1 aromatic carbocycles. The molecule has 0 saturated carbocycles. The summed E-state index contributed by atoms with van der Waals surface area (Å²) in [5.41, 5.74) is 2.17. The van der Waals surface area contributed by atoms with E-state index >= 15 is 0 Å². The molecule has 82 valence electrons. The molecule has 0 aromatic heterocycles. The Morgan fingerprint density at radius 3 is 2.47 bits per heavy atom.